The van der Waals surface area contributed by atoms with Crippen LogP contribution in [0.2, 0.25) is 0 Å². The molecule has 0 amide bonds. The molecule has 6 aromatic heterocycles. The zero-order valence-corrected chi connectivity index (χ0v) is 38.4. The average Bonchev–Trinajstić information content (AvgIpc) is 4.20. The highest BCUT2D eigenvalue weighted by Crippen LogP contribution is 2.40. The molecule has 0 saturated carbocycles. The van der Waals surface area contributed by atoms with Gasteiger partial charge < -0.3 is 18.0 Å². The first-order chi connectivity index (χ1) is 35.1. The van der Waals surface area contributed by atoms with Crippen LogP contribution in [0.1, 0.15) is 5.69 Å². The molecule has 0 unspecified atom stereocenters. The van der Waals surface area contributed by atoms with Gasteiger partial charge in [-0.15, -0.1) is 0 Å². The minimum absolute atomic E-state index is 0.705. The van der Waals surface area contributed by atoms with E-state index in [9.17, 15) is 0 Å². The topological polar surface area (TPSA) is 87.7 Å². The Labute approximate surface area is 406 Å². The molecule has 6 heterocycles. The molecule has 0 aliphatic heterocycles. The van der Waals surface area contributed by atoms with E-state index in [0.29, 0.717) is 5.58 Å². The number of benzene rings is 9. The van der Waals surface area contributed by atoms with Crippen LogP contribution < -0.4 is 0 Å². The molecule has 0 fully saturated rings. The molecule has 9 aromatic carbocycles. The van der Waals surface area contributed by atoms with E-state index in [4.69, 9.17) is 8.83 Å². The number of rotatable bonds is 5. The van der Waals surface area contributed by atoms with Gasteiger partial charge in [0.15, 0.2) is 11.2 Å². The fourth-order valence-electron chi connectivity index (χ4n) is 10.4. The maximum absolute atomic E-state index is 6.26. The van der Waals surface area contributed by atoms with Crippen LogP contribution in [0.15, 0.2) is 234 Å². The lowest BCUT2D eigenvalue weighted by molar-refractivity contribution is 0.661. The smallest absolute Gasteiger partial charge is 0.180 e. The third-order valence-corrected chi connectivity index (χ3v) is 13.8. The van der Waals surface area contributed by atoms with E-state index in [-0.39, 0.29) is 0 Å². The minimum atomic E-state index is 0.705. The van der Waals surface area contributed by atoms with Crippen molar-refractivity contribution in [2.45, 2.75) is 6.92 Å². The van der Waals surface area contributed by atoms with Gasteiger partial charge in [0.05, 0.1) is 27.8 Å². The number of fused-ring (bicyclic) bond motifs is 12. The molecule has 334 valence electrons. The molecule has 0 bridgehead atoms. The van der Waals surface area contributed by atoms with Gasteiger partial charge in [-0.05, 0) is 114 Å². The molecule has 8 heteroatoms. The molecule has 0 spiro atoms. The van der Waals surface area contributed by atoms with Gasteiger partial charge in [-0.25, -0.2) is 19.9 Å². The largest absolute Gasteiger partial charge is 0.452 e. The van der Waals surface area contributed by atoms with E-state index in [1.165, 1.54) is 54.8 Å². The Bertz CT molecular complexity index is 4530. The maximum atomic E-state index is 6.26. The summed E-state index contributed by atoms with van der Waals surface area (Å²) in [4.78, 5) is 17.5. The summed E-state index contributed by atoms with van der Waals surface area (Å²) in [6.45, 7) is 1.92. The molecule has 0 N–H and O–H groups in total. The summed E-state index contributed by atoms with van der Waals surface area (Å²) in [6.07, 6.45) is 3.19. The van der Waals surface area contributed by atoms with Crippen molar-refractivity contribution in [1.29, 1.82) is 0 Å². The van der Waals surface area contributed by atoms with Crippen molar-refractivity contribution in [3.63, 3.8) is 0 Å². The first kappa shape index (κ1) is 40.4. The molecule has 0 aliphatic rings. The molecule has 0 radical (unpaired) electrons. The minimum Gasteiger partial charge on any atom is -0.452 e. The molecular formula is C63H40N6O2. The molecular weight excluding hydrogens is 873 g/mol. The fraction of sp³-hybridized carbons (Fsp3) is 0.0159. The highest BCUT2D eigenvalue weighted by atomic mass is 16.3. The van der Waals surface area contributed by atoms with Crippen LogP contribution in [0.25, 0.3) is 133 Å². The van der Waals surface area contributed by atoms with Crippen LogP contribution >= 0.6 is 0 Å². The molecule has 15 rings (SSSR count). The lowest BCUT2D eigenvalue weighted by Gasteiger charge is -2.10. The summed E-state index contributed by atoms with van der Waals surface area (Å²) >= 11 is 0. The zero-order valence-electron chi connectivity index (χ0n) is 38.4. The predicted octanol–water partition coefficient (Wildman–Crippen LogP) is 16.3. The fourth-order valence-corrected chi connectivity index (χ4v) is 10.4. The number of para-hydroxylation sites is 4. The van der Waals surface area contributed by atoms with Crippen LogP contribution in [0.3, 0.4) is 0 Å². The first-order valence-corrected chi connectivity index (χ1v) is 23.7. The SMILES string of the molecule is Cc1ncnc2c1oc1ccccc12.c1ccc(-c2ccc(-n3c4ccccc4c4cc(-c5ccc6c(c5)c5ccccc5n6-c5ccc(-c6ncnc7c6oc6ccccc67)cc5)ccc43)cc2)cc1. The van der Waals surface area contributed by atoms with Gasteiger partial charge in [-0.1, -0.05) is 127 Å². The van der Waals surface area contributed by atoms with Crippen molar-refractivity contribution in [2.24, 2.45) is 0 Å². The van der Waals surface area contributed by atoms with Gasteiger partial charge in [0.25, 0.3) is 0 Å². The summed E-state index contributed by atoms with van der Waals surface area (Å²) in [5.74, 6) is 0. The van der Waals surface area contributed by atoms with Gasteiger partial charge in [-0.2, -0.15) is 0 Å². The van der Waals surface area contributed by atoms with Gasteiger partial charge in [0.2, 0.25) is 0 Å². The van der Waals surface area contributed by atoms with Crippen molar-refractivity contribution < 1.29 is 8.83 Å². The second-order valence-electron chi connectivity index (χ2n) is 17.9. The predicted molar refractivity (Wildman–Crippen MR) is 288 cm³/mol. The van der Waals surface area contributed by atoms with Crippen molar-refractivity contribution in [3.05, 3.63) is 231 Å². The molecule has 0 aliphatic carbocycles. The number of hydrogen-bond acceptors (Lipinski definition) is 6. The quantitative estimate of drug-likeness (QED) is 0.171. The van der Waals surface area contributed by atoms with Crippen LogP contribution in [0.4, 0.5) is 0 Å². The summed E-state index contributed by atoms with van der Waals surface area (Å²) < 4.78 is 16.7. The summed E-state index contributed by atoms with van der Waals surface area (Å²) in [6, 6.07) is 75.1. The third kappa shape index (κ3) is 6.60. The second kappa shape index (κ2) is 16.3. The van der Waals surface area contributed by atoms with Gasteiger partial charge in [0, 0.05) is 49.3 Å². The second-order valence-corrected chi connectivity index (χ2v) is 17.9. The number of aromatic nitrogens is 6. The summed E-state index contributed by atoms with van der Waals surface area (Å²) in [7, 11) is 0. The van der Waals surface area contributed by atoms with E-state index in [0.717, 1.165) is 77.9 Å². The Balaban J connectivity index is 0.000000288. The Morgan fingerprint density at radius 2 is 0.746 bits per heavy atom. The molecule has 0 atom stereocenters. The van der Waals surface area contributed by atoms with E-state index in [2.05, 4.69) is 193 Å². The van der Waals surface area contributed by atoms with E-state index in [1.54, 1.807) is 12.7 Å². The number of furan rings is 2. The number of aryl methyl sites for hydroxylation is 1. The van der Waals surface area contributed by atoms with E-state index < -0.39 is 0 Å². The Morgan fingerprint density at radius 1 is 0.324 bits per heavy atom. The van der Waals surface area contributed by atoms with E-state index in [1.807, 2.05) is 55.5 Å². The lowest BCUT2D eigenvalue weighted by Crippen LogP contribution is -1.94. The van der Waals surface area contributed by atoms with Crippen LogP contribution in [-0.2, 0) is 0 Å². The normalized spacial score (nSPS) is 11.7. The van der Waals surface area contributed by atoms with Crippen molar-refractivity contribution in [2.75, 3.05) is 0 Å². The Kier molecular flexibility index (Phi) is 9.25. The van der Waals surface area contributed by atoms with Gasteiger partial charge >= 0.3 is 0 Å². The first-order valence-electron chi connectivity index (χ1n) is 23.7. The van der Waals surface area contributed by atoms with Crippen LogP contribution in [-0.4, -0.2) is 29.1 Å². The number of nitrogens with zero attached hydrogens (tertiary/aromatic N) is 6. The third-order valence-electron chi connectivity index (χ3n) is 13.8. The van der Waals surface area contributed by atoms with E-state index >= 15 is 0 Å². The van der Waals surface area contributed by atoms with Gasteiger partial charge in [-0.3, -0.25) is 0 Å². The Morgan fingerprint density at radius 3 is 1.32 bits per heavy atom. The van der Waals surface area contributed by atoms with Crippen molar-refractivity contribution >= 4 is 87.7 Å². The average molecular weight is 913 g/mol. The summed E-state index contributed by atoms with van der Waals surface area (Å²) in [5, 5.41) is 6.96. The van der Waals surface area contributed by atoms with Crippen molar-refractivity contribution in [3.8, 4) is 44.9 Å². The number of hydrogen-bond donors (Lipinski definition) is 0. The van der Waals surface area contributed by atoms with Crippen LogP contribution in [0.5, 0.6) is 0 Å². The standard InChI is InChI=1S/C52H32N4O.C11H8N2O/c1-2-10-33(11-3-1)34-18-24-38(25-19-34)55-45-15-7-4-12-40(45)43-30-36(22-28-47(43)55)37-23-29-48-44(31-37)41-13-5-8-16-46(41)56(48)39-26-20-35(21-27-39)50-52-51(54-32-53-50)42-14-6-9-17-49(42)57-52;1-7-11-10(13-6-12-7)8-4-2-3-5-9(8)14-11/h1-32H;2-6H,1H3. The van der Waals surface area contributed by atoms with Crippen molar-refractivity contribution in [1.82, 2.24) is 29.1 Å². The zero-order chi connectivity index (χ0) is 47.0. The Hall–Kier alpha value is -9.66. The van der Waals surface area contributed by atoms with Crippen LogP contribution in [0, 0.1) is 6.92 Å². The lowest BCUT2D eigenvalue weighted by atomic mass is 10.0. The highest BCUT2D eigenvalue weighted by molar-refractivity contribution is 6.13. The molecule has 71 heavy (non-hydrogen) atoms. The molecule has 8 nitrogen and oxygen atoms in total. The van der Waals surface area contributed by atoms with Gasteiger partial charge in [0.1, 0.15) is 40.5 Å². The summed E-state index contributed by atoms with van der Waals surface area (Å²) in [5.41, 5.74) is 19.3. The highest BCUT2D eigenvalue weighted by Gasteiger charge is 2.18. The molecule has 0 saturated heterocycles. The monoisotopic (exact) mass is 912 g/mol. The maximum Gasteiger partial charge on any atom is 0.180 e. The molecule has 15 aromatic rings.